The van der Waals surface area contributed by atoms with Crippen molar-refractivity contribution < 1.29 is 88.6 Å². The summed E-state index contributed by atoms with van der Waals surface area (Å²) in [7, 11) is 0. The van der Waals surface area contributed by atoms with Crippen molar-refractivity contribution in [3.05, 3.63) is 16.9 Å². The summed E-state index contributed by atoms with van der Waals surface area (Å²) in [5, 5.41) is 95.9. The predicted molar refractivity (Wildman–Crippen MR) is 235 cm³/mol. The third-order valence-corrected chi connectivity index (χ3v) is 18.5. The predicted octanol–water partition coefficient (Wildman–Crippen LogP) is 2.06. The minimum absolute atomic E-state index is 0.0211. The van der Waals surface area contributed by atoms with Crippen LogP contribution < -0.4 is 0 Å². The van der Waals surface area contributed by atoms with Crippen LogP contribution in [0.15, 0.2) is 16.9 Å². The zero-order valence-electron chi connectivity index (χ0n) is 40.5. The van der Waals surface area contributed by atoms with Gasteiger partial charge in [0.2, 0.25) is 18.1 Å². The number of allylic oxidation sites excluding steroid dienone is 2. The maximum Gasteiger partial charge on any atom is 0.315 e. The second-order valence-corrected chi connectivity index (χ2v) is 23.0. The van der Waals surface area contributed by atoms with Crippen LogP contribution in [0.2, 0.25) is 0 Å². The number of rotatable bonds is 13. The summed E-state index contributed by atoms with van der Waals surface area (Å²) < 4.78 is 28.0. The molecule has 2 aliphatic heterocycles. The van der Waals surface area contributed by atoms with Gasteiger partial charge in [0.25, 0.3) is 6.29 Å². The Morgan fingerprint density at radius 3 is 1.99 bits per heavy atom. The number of esters is 3. The van der Waals surface area contributed by atoms with Crippen LogP contribution in [0.4, 0.5) is 0 Å². The van der Waals surface area contributed by atoms with Crippen LogP contribution in [-0.4, -0.2) is 158 Å². The average Bonchev–Trinajstić information content (AvgIpc) is 3.28. The van der Waals surface area contributed by atoms with E-state index in [9.17, 15) is 60.4 Å². The number of hydrogen-bond acceptors (Lipinski definition) is 19. The Morgan fingerprint density at radius 1 is 0.735 bits per heavy atom. The fourth-order valence-corrected chi connectivity index (χ4v) is 14.2. The Balaban J connectivity index is 0.964. The summed E-state index contributed by atoms with van der Waals surface area (Å²) in [6.45, 7) is 13.9. The highest BCUT2D eigenvalue weighted by Crippen LogP contribution is 2.76. The monoisotopic (exact) mass is 969 g/mol. The van der Waals surface area contributed by atoms with Crippen molar-refractivity contribution in [2.45, 2.75) is 193 Å². The molecule has 20 heteroatoms. The lowest BCUT2D eigenvalue weighted by atomic mass is 9.33. The van der Waals surface area contributed by atoms with E-state index >= 15 is 0 Å². The molecule has 2 heterocycles. The third kappa shape index (κ3) is 9.21. The minimum Gasteiger partial charge on any atom is -0.597 e. The van der Waals surface area contributed by atoms with Crippen LogP contribution >= 0.6 is 0 Å². The van der Waals surface area contributed by atoms with Gasteiger partial charge in [-0.15, -0.1) is 0 Å². The van der Waals surface area contributed by atoms with Crippen molar-refractivity contribution >= 4 is 17.9 Å². The quantitative estimate of drug-likeness (QED) is 0.0327. The highest BCUT2D eigenvalue weighted by atomic mass is 16.8. The van der Waals surface area contributed by atoms with Gasteiger partial charge >= 0.3 is 17.9 Å². The lowest BCUT2D eigenvalue weighted by Gasteiger charge is -2.71. The molecule has 0 bridgehead atoms. The van der Waals surface area contributed by atoms with Gasteiger partial charge in [-0.05, 0) is 104 Å². The second-order valence-electron chi connectivity index (χ2n) is 23.0. The molecule has 0 aromatic carbocycles. The van der Waals surface area contributed by atoms with Crippen molar-refractivity contribution in [1.29, 1.82) is 0 Å². The summed E-state index contributed by atoms with van der Waals surface area (Å²) in [4.78, 5) is 45.3. The minimum atomic E-state index is -1.76. The van der Waals surface area contributed by atoms with Crippen molar-refractivity contribution in [3.63, 3.8) is 0 Å². The number of hydrogen-bond donors (Lipinski definition) is 8. The van der Waals surface area contributed by atoms with E-state index in [1.54, 1.807) is 0 Å². The summed E-state index contributed by atoms with van der Waals surface area (Å²) in [6.07, 6.45) is -6.43. The molecule has 0 amide bonds. The SMILES string of the molecule is CC1(C)CC[C@]2(C(=O)O[C@@H]3O[C@H](CO)[C@@H](O)[C@H](O)[C@H]3O)CC[C@]3(C)C(=CC[C@@H]4[C@@]5(C)CC[C@H](OC(=O)CCC(=O)OCC/[N+]([O-])=N/O[C@@H]6O[C@H](CO)[C@@H](O)[C@H](O)[C@H]6O)C(C)(C)[C@@H]5CC[C@]43C)[C@@H]2C1. The van der Waals surface area contributed by atoms with E-state index in [0.717, 1.165) is 44.9 Å². The number of fused-ring (bicyclic) bond motifs is 7. The average molecular weight is 969 g/mol. The van der Waals surface area contributed by atoms with Gasteiger partial charge < -0.3 is 74.6 Å². The van der Waals surface area contributed by atoms with Gasteiger partial charge in [-0.2, -0.15) is 0 Å². The molecule has 0 unspecified atom stereocenters. The molecule has 4 saturated carbocycles. The van der Waals surface area contributed by atoms with Gasteiger partial charge in [0.15, 0.2) is 6.61 Å². The molecular formula is C48H76N2O18. The Bertz CT molecular complexity index is 1930. The summed E-state index contributed by atoms with van der Waals surface area (Å²) in [5.74, 6) is -1.34. The van der Waals surface area contributed by atoms with E-state index in [4.69, 9.17) is 28.5 Å². The molecule has 6 fully saturated rings. The number of aliphatic hydroxyl groups excluding tert-OH is 8. The van der Waals surface area contributed by atoms with E-state index < -0.39 is 117 Å². The zero-order chi connectivity index (χ0) is 49.9. The first-order valence-electron chi connectivity index (χ1n) is 24.5. The van der Waals surface area contributed by atoms with Gasteiger partial charge in [-0.25, -0.2) is 0 Å². The molecule has 18 atom stereocenters. The molecule has 68 heavy (non-hydrogen) atoms. The Kier molecular flexibility index (Phi) is 15.1. The number of carbonyl (C=O) groups excluding carboxylic acids is 3. The standard InChI is InChI=1S/C48H76N2O18/c1-43(2)16-18-48(42(61)67-40-38(59)36(57)34(55)27(23-51)64-40)19-17-46(6)25(26(48)22-43)8-9-30-45(5)14-13-31(44(3,4)29(45)12-15-47(30,46)7)66-33(54)11-10-32(53)63-21-20-50(62)49-68-41-39(60)37(58)35(56)28(24-52)65-41/h8,26-31,34-41,51-52,55-60H,9-24H2,1-7H3/b50-49-/t26-,27+,28+,29-,30+,31-,34+,35+,36-,37-,38+,39+,40-,41-,45-,46+,47+,48-/m0/s1. The Hall–Kier alpha value is -3.05. The molecule has 0 radical (unpaired) electrons. The molecule has 386 valence electrons. The first-order chi connectivity index (χ1) is 31.8. The largest absolute Gasteiger partial charge is 0.597 e. The number of ether oxygens (including phenoxy) is 5. The maximum atomic E-state index is 14.6. The molecule has 0 spiro atoms. The van der Waals surface area contributed by atoms with E-state index in [1.165, 1.54) is 5.57 Å². The summed E-state index contributed by atoms with van der Waals surface area (Å²) in [6, 6.07) is 0. The first-order valence-corrected chi connectivity index (χ1v) is 24.5. The van der Waals surface area contributed by atoms with Crippen LogP contribution in [-0.2, 0) is 42.9 Å². The van der Waals surface area contributed by atoms with Crippen LogP contribution in [0.1, 0.15) is 126 Å². The zero-order valence-corrected chi connectivity index (χ0v) is 40.5. The molecule has 0 aromatic rings. The number of nitrogens with zero attached hydrogens (tertiary/aromatic N) is 2. The van der Waals surface area contributed by atoms with Crippen molar-refractivity contribution in [2.24, 2.45) is 55.5 Å². The highest BCUT2D eigenvalue weighted by Gasteiger charge is 2.70. The van der Waals surface area contributed by atoms with E-state index in [2.05, 4.69) is 59.8 Å². The van der Waals surface area contributed by atoms with Crippen molar-refractivity contribution in [3.8, 4) is 0 Å². The third-order valence-electron chi connectivity index (χ3n) is 18.5. The first kappa shape index (κ1) is 52.8. The number of carbonyl (C=O) groups is 3. The summed E-state index contributed by atoms with van der Waals surface area (Å²) in [5.41, 5.74) is -0.475. The molecule has 20 nitrogen and oxygen atoms in total. The van der Waals surface area contributed by atoms with Crippen LogP contribution in [0.25, 0.3) is 0 Å². The Morgan fingerprint density at radius 2 is 1.34 bits per heavy atom. The van der Waals surface area contributed by atoms with Gasteiger partial charge in [-0.1, -0.05) is 65.0 Å². The molecule has 8 N–H and O–H groups in total. The fourth-order valence-electron chi connectivity index (χ4n) is 14.2. The summed E-state index contributed by atoms with van der Waals surface area (Å²) >= 11 is 0. The van der Waals surface area contributed by atoms with E-state index in [0.29, 0.717) is 25.2 Å². The van der Waals surface area contributed by atoms with Crippen LogP contribution in [0.3, 0.4) is 0 Å². The lowest BCUT2D eigenvalue weighted by molar-refractivity contribution is -0.568. The number of hydroxylamine groups is 1. The molecule has 0 aromatic heterocycles. The molecule has 7 rings (SSSR count). The smallest absolute Gasteiger partial charge is 0.315 e. The molecular weight excluding hydrogens is 893 g/mol. The van der Waals surface area contributed by atoms with E-state index in [1.807, 2.05) is 0 Å². The molecule has 7 aliphatic rings. The molecule has 5 aliphatic carbocycles. The lowest BCUT2D eigenvalue weighted by Crippen LogP contribution is -2.65. The van der Waals surface area contributed by atoms with Crippen LogP contribution in [0.5, 0.6) is 0 Å². The topological polar surface area (TPSA) is 307 Å². The van der Waals surface area contributed by atoms with Crippen LogP contribution in [0, 0.1) is 55.5 Å². The van der Waals surface area contributed by atoms with Gasteiger partial charge in [0.05, 0.1) is 31.5 Å². The fraction of sp³-hybridized carbons (Fsp3) is 0.896. The molecule has 2 saturated heterocycles. The van der Waals surface area contributed by atoms with Gasteiger partial charge in [-0.3, -0.25) is 14.4 Å². The van der Waals surface area contributed by atoms with Gasteiger partial charge in [0.1, 0.15) is 54.9 Å². The van der Waals surface area contributed by atoms with Gasteiger partial charge in [0, 0.05) is 5.41 Å². The highest BCUT2D eigenvalue weighted by molar-refractivity contribution is 5.79. The normalized spacial score (nSPS) is 45.2. The van der Waals surface area contributed by atoms with Crippen molar-refractivity contribution in [2.75, 3.05) is 26.4 Å². The van der Waals surface area contributed by atoms with E-state index in [-0.39, 0.29) is 57.3 Å². The Labute approximate surface area is 397 Å². The van der Waals surface area contributed by atoms with Crippen molar-refractivity contribution in [1.82, 2.24) is 0 Å². The number of aliphatic hydroxyl groups is 8. The maximum absolute atomic E-state index is 14.6. The second kappa shape index (κ2) is 19.5.